The van der Waals surface area contributed by atoms with Crippen LogP contribution in [-0.4, -0.2) is 16.0 Å². The van der Waals surface area contributed by atoms with E-state index in [4.69, 9.17) is 16.7 Å². The highest BCUT2D eigenvalue weighted by atomic mass is 35.5. The molecule has 0 radical (unpaired) electrons. The van der Waals surface area contributed by atoms with Gasteiger partial charge < -0.3 is 5.11 Å². The molecular formula is C14H10ClNO4S. The van der Waals surface area contributed by atoms with E-state index in [0.29, 0.717) is 16.3 Å². The van der Waals surface area contributed by atoms with Crippen molar-refractivity contribution in [1.82, 2.24) is 0 Å². The third-order valence-electron chi connectivity index (χ3n) is 2.78. The van der Waals surface area contributed by atoms with E-state index in [9.17, 15) is 14.9 Å². The second-order valence-electron chi connectivity index (χ2n) is 4.11. The van der Waals surface area contributed by atoms with Crippen LogP contribution in [0.1, 0.15) is 15.9 Å². The molecule has 2 rings (SSSR count). The molecule has 0 heterocycles. The summed E-state index contributed by atoms with van der Waals surface area (Å²) < 4.78 is 0. The van der Waals surface area contributed by atoms with E-state index in [2.05, 4.69) is 0 Å². The lowest BCUT2D eigenvalue weighted by atomic mass is 10.2. The Bertz CT molecular complexity index is 688. The largest absolute Gasteiger partial charge is 0.478 e. The molecule has 2 aromatic carbocycles. The summed E-state index contributed by atoms with van der Waals surface area (Å²) in [6, 6.07) is 10.9. The van der Waals surface area contributed by atoms with Gasteiger partial charge in [-0.05, 0) is 30.3 Å². The van der Waals surface area contributed by atoms with Crippen LogP contribution in [0.5, 0.6) is 0 Å². The van der Waals surface area contributed by atoms with Gasteiger partial charge in [-0.1, -0.05) is 17.7 Å². The van der Waals surface area contributed by atoms with Crippen LogP contribution in [0.3, 0.4) is 0 Å². The standard InChI is InChI=1S/C14H10ClNO4S/c15-12-2-1-3-13(16(19)20)11(12)8-21-10-6-4-9(5-7-10)14(17)18/h1-7H,8H2,(H,17,18). The number of thioether (sulfide) groups is 1. The number of nitrogens with zero attached hydrogens (tertiary/aromatic N) is 1. The lowest BCUT2D eigenvalue weighted by molar-refractivity contribution is -0.385. The molecule has 5 nitrogen and oxygen atoms in total. The van der Waals surface area contributed by atoms with Crippen LogP contribution in [-0.2, 0) is 5.75 Å². The highest BCUT2D eigenvalue weighted by molar-refractivity contribution is 7.98. The SMILES string of the molecule is O=C(O)c1ccc(SCc2c(Cl)cccc2[N+](=O)[O-])cc1. The van der Waals surface area contributed by atoms with Crippen LogP contribution in [0, 0.1) is 10.1 Å². The van der Waals surface area contributed by atoms with Gasteiger partial charge in [-0.15, -0.1) is 11.8 Å². The third kappa shape index (κ3) is 3.74. The fourth-order valence-electron chi connectivity index (χ4n) is 1.71. The number of rotatable bonds is 5. The number of nitro benzene ring substituents is 1. The van der Waals surface area contributed by atoms with Crippen LogP contribution in [0.15, 0.2) is 47.4 Å². The third-order valence-corrected chi connectivity index (χ3v) is 4.17. The number of hydrogen-bond donors (Lipinski definition) is 1. The minimum absolute atomic E-state index is 0.0165. The highest BCUT2D eigenvalue weighted by Gasteiger charge is 2.16. The maximum Gasteiger partial charge on any atom is 0.335 e. The maximum absolute atomic E-state index is 11.0. The Labute approximate surface area is 129 Å². The Morgan fingerprint density at radius 1 is 1.24 bits per heavy atom. The summed E-state index contributed by atoms with van der Waals surface area (Å²) in [6.45, 7) is 0. The Hall–Kier alpha value is -2.05. The molecular weight excluding hydrogens is 314 g/mol. The van der Waals surface area contributed by atoms with Gasteiger partial charge in [0.25, 0.3) is 5.69 Å². The second-order valence-corrected chi connectivity index (χ2v) is 5.57. The van der Waals surface area contributed by atoms with Gasteiger partial charge in [0.15, 0.2) is 0 Å². The van der Waals surface area contributed by atoms with Gasteiger partial charge in [0, 0.05) is 16.7 Å². The van der Waals surface area contributed by atoms with Crippen molar-refractivity contribution < 1.29 is 14.8 Å². The number of carboxylic acid groups (broad SMARTS) is 1. The Kier molecular flexibility index (Phi) is 4.82. The van der Waals surface area contributed by atoms with Gasteiger partial charge in [-0.25, -0.2) is 4.79 Å². The first-order valence-corrected chi connectivity index (χ1v) is 7.23. The van der Waals surface area contributed by atoms with Gasteiger partial charge in [0.05, 0.1) is 21.1 Å². The topological polar surface area (TPSA) is 80.4 Å². The van der Waals surface area contributed by atoms with E-state index in [0.717, 1.165) is 4.90 Å². The monoisotopic (exact) mass is 323 g/mol. The van der Waals surface area contributed by atoms with Crippen molar-refractivity contribution in [3.63, 3.8) is 0 Å². The van der Waals surface area contributed by atoms with Gasteiger partial charge in [0.2, 0.25) is 0 Å². The number of carboxylic acids is 1. The molecule has 2 aromatic rings. The van der Waals surface area contributed by atoms with Gasteiger partial charge in [-0.3, -0.25) is 10.1 Å². The van der Waals surface area contributed by atoms with Gasteiger partial charge >= 0.3 is 5.97 Å². The molecule has 0 unspecified atom stereocenters. The molecule has 0 aromatic heterocycles. The number of aromatic carboxylic acids is 1. The zero-order chi connectivity index (χ0) is 15.4. The van der Waals surface area contributed by atoms with Crippen molar-refractivity contribution in [3.8, 4) is 0 Å². The van der Waals surface area contributed by atoms with Crippen LogP contribution in [0.4, 0.5) is 5.69 Å². The van der Waals surface area contributed by atoms with E-state index in [1.165, 1.54) is 36.0 Å². The summed E-state index contributed by atoms with van der Waals surface area (Å²) >= 11 is 7.37. The zero-order valence-corrected chi connectivity index (χ0v) is 12.2. The number of halogens is 1. The van der Waals surface area contributed by atoms with E-state index in [-0.39, 0.29) is 11.3 Å². The summed E-state index contributed by atoms with van der Waals surface area (Å²) in [4.78, 5) is 22.1. The average Bonchev–Trinajstić information content (AvgIpc) is 2.46. The Morgan fingerprint density at radius 2 is 1.90 bits per heavy atom. The first-order chi connectivity index (χ1) is 9.99. The Balaban J connectivity index is 2.16. The fourth-order valence-corrected chi connectivity index (χ4v) is 2.97. The minimum atomic E-state index is -0.992. The molecule has 108 valence electrons. The second kappa shape index (κ2) is 6.60. The van der Waals surface area contributed by atoms with Crippen molar-refractivity contribution in [2.45, 2.75) is 10.6 Å². The van der Waals surface area contributed by atoms with Crippen molar-refractivity contribution in [1.29, 1.82) is 0 Å². The summed E-state index contributed by atoms with van der Waals surface area (Å²) in [7, 11) is 0. The molecule has 0 atom stereocenters. The van der Waals surface area contributed by atoms with Gasteiger partial charge in [-0.2, -0.15) is 0 Å². The molecule has 21 heavy (non-hydrogen) atoms. The lowest BCUT2D eigenvalue weighted by Crippen LogP contribution is -1.96. The summed E-state index contributed by atoms with van der Waals surface area (Å²) in [5, 5.41) is 20.1. The summed E-state index contributed by atoms with van der Waals surface area (Å²) in [5.41, 5.74) is 0.636. The van der Waals surface area contributed by atoms with Crippen molar-refractivity contribution >= 4 is 35.0 Å². The molecule has 0 saturated heterocycles. The van der Waals surface area contributed by atoms with E-state index in [1.807, 2.05) is 0 Å². The molecule has 0 spiro atoms. The molecule has 0 saturated carbocycles. The Morgan fingerprint density at radius 3 is 2.48 bits per heavy atom. The molecule has 0 aliphatic rings. The lowest BCUT2D eigenvalue weighted by Gasteiger charge is -2.05. The molecule has 0 aliphatic carbocycles. The van der Waals surface area contributed by atoms with Crippen molar-refractivity contribution in [2.75, 3.05) is 0 Å². The van der Waals surface area contributed by atoms with E-state index < -0.39 is 10.9 Å². The quantitative estimate of drug-likeness (QED) is 0.505. The predicted octanol–water partition coefficient (Wildman–Crippen LogP) is 4.24. The average molecular weight is 324 g/mol. The number of nitro groups is 1. The van der Waals surface area contributed by atoms with E-state index >= 15 is 0 Å². The number of carbonyl (C=O) groups is 1. The highest BCUT2D eigenvalue weighted by Crippen LogP contribution is 2.32. The summed E-state index contributed by atoms with van der Waals surface area (Å²) in [5.74, 6) is -0.657. The normalized spacial score (nSPS) is 10.3. The molecule has 0 amide bonds. The molecule has 0 bridgehead atoms. The minimum Gasteiger partial charge on any atom is -0.478 e. The van der Waals surface area contributed by atoms with Crippen LogP contribution in [0.2, 0.25) is 5.02 Å². The maximum atomic E-state index is 11.0. The number of benzene rings is 2. The van der Waals surface area contributed by atoms with Crippen molar-refractivity contribution in [2.24, 2.45) is 0 Å². The van der Waals surface area contributed by atoms with Crippen molar-refractivity contribution in [3.05, 3.63) is 68.7 Å². The molecule has 7 heteroatoms. The smallest absolute Gasteiger partial charge is 0.335 e. The van der Waals surface area contributed by atoms with Crippen LogP contribution in [0.25, 0.3) is 0 Å². The first kappa shape index (κ1) is 15.3. The van der Waals surface area contributed by atoms with Crippen LogP contribution >= 0.6 is 23.4 Å². The van der Waals surface area contributed by atoms with E-state index in [1.54, 1.807) is 18.2 Å². The number of hydrogen-bond acceptors (Lipinski definition) is 4. The molecule has 1 N–H and O–H groups in total. The zero-order valence-electron chi connectivity index (χ0n) is 10.7. The molecule has 0 fully saturated rings. The predicted molar refractivity (Wildman–Crippen MR) is 81.1 cm³/mol. The first-order valence-electron chi connectivity index (χ1n) is 5.87. The summed E-state index contributed by atoms with van der Waals surface area (Å²) in [6.07, 6.45) is 0. The van der Waals surface area contributed by atoms with Crippen LogP contribution < -0.4 is 0 Å². The van der Waals surface area contributed by atoms with Gasteiger partial charge in [0.1, 0.15) is 0 Å². The molecule has 0 aliphatic heterocycles. The fraction of sp³-hybridized carbons (Fsp3) is 0.0714.